The minimum atomic E-state index is -0.137. The zero-order valence-electron chi connectivity index (χ0n) is 10.5. The van der Waals surface area contributed by atoms with Crippen molar-refractivity contribution in [2.24, 2.45) is 0 Å². The van der Waals surface area contributed by atoms with Crippen LogP contribution < -0.4 is 10.6 Å². The summed E-state index contributed by atoms with van der Waals surface area (Å²) in [6.45, 7) is 2.30. The van der Waals surface area contributed by atoms with E-state index in [1.165, 1.54) is 0 Å². The van der Waals surface area contributed by atoms with E-state index in [0.717, 1.165) is 42.9 Å². The molecule has 3 N–H and O–H groups in total. The maximum absolute atomic E-state index is 9.34. The van der Waals surface area contributed by atoms with E-state index in [1.54, 1.807) is 6.33 Å². The first-order valence-electron chi connectivity index (χ1n) is 6.15. The molecule has 0 aromatic carbocycles. The summed E-state index contributed by atoms with van der Waals surface area (Å²) in [4.78, 5) is 8.53. The van der Waals surface area contributed by atoms with E-state index >= 15 is 0 Å². The number of nitrogens with zero attached hydrogens (tertiary/aromatic N) is 2. The Morgan fingerprint density at radius 3 is 2.59 bits per heavy atom. The molecule has 0 spiro atoms. The minimum Gasteiger partial charge on any atom is -0.394 e. The van der Waals surface area contributed by atoms with E-state index in [9.17, 15) is 5.11 Å². The molecule has 1 heterocycles. The smallest absolute Gasteiger partial charge is 0.135 e. The molecule has 5 heteroatoms. The Hall–Kier alpha value is -1.36. The largest absolute Gasteiger partial charge is 0.394 e. The van der Waals surface area contributed by atoms with E-state index in [4.69, 9.17) is 0 Å². The van der Waals surface area contributed by atoms with Crippen LogP contribution >= 0.6 is 0 Å². The van der Waals surface area contributed by atoms with E-state index in [2.05, 4.69) is 27.5 Å². The SMILES string of the molecule is CCCc1c(NC)ncnc1NC1(CO)CC1. The van der Waals surface area contributed by atoms with Crippen molar-refractivity contribution in [2.45, 2.75) is 38.1 Å². The minimum absolute atomic E-state index is 0.137. The molecule has 0 radical (unpaired) electrons. The normalized spacial score (nSPS) is 16.6. The summed E-state index contributed by atoms with van der Waals surface area (Å²) >= 11 is 0. The molecule has 1 aromatic heterocycles. The molecule has 17 heavy (non-hydrogen) atoms. The third kappa shape index (κ3) is 2.49. The summed E-state index contributed by atoms with van der Waals surface area (Å²) in [6, 6.07) is 0. The molecule has 0 saturated heterocycles. The third-order valence-electron chi connectivity index (χ3n) is 3.22. The zero-order valence-corrected chi connectivity index (χ0v) is 10.5. The molecule has 2 rings (SSSR count). The van der Waals surface area contributed by atoms with Gasteiger partial charge in [-0.2, -0.15) is 0 Å². The molecule has 1 aromatic rings. The molecule has 1 saturated carbocycles. The lowest BCUT2D eigenvalue weighted by Gasteiger charge is -2.19. The summed E-state index contributed by atoms with van der Waals surface area (Å²) < 4.78 is 0. The standard InChI is InChI=1S/C12H20N4O/c1-3-4-9-10(13-2)14-8-15-11(9)16-12(7-17)5-6-12/h8,17H,3-7H2,1-2H3,(H2,13,14,15,16). The van der Waals surface area contributed by atoms with Crippen LogP contribution in [0.25, 0.3) is 0 Å². The van der Waals surface area contributed by atoms with Crippen LogP contribution in [0.2, 0.25) is 0 Å². The van der Waals surface area contributed by atoms with Crippen molar-refractivity contribution in [3.8, 4) is 0 Å². The molecule has 0 amide bonds. The van der Waals surface area contributed by atoms with Crippen LogP contribution in [-0.2, 0) is 6.42 Å². The van der Waals surface area contributed by atoms with E-state index < -0.39 is 0 Å². The summed E-state index contributed by atoms with van der Waals surface area (Å²) in [7, 11) is 1.87. The fraction of sp³-hybridized carbons (Fsp3) is 0.667. The van der Waals surface area contributed by atoms with Crippen LogP contribution in [0.5, 0.6) is 0 Å². The number of hydrogen-bond donors (Lipinski definition) is 3. The average molecular weight is 236 g/mol. The Kier molecular flexibility index (Phi) is 3.47. The molecule has 1 fully saturated rings. The van der Waals surface area contributed by atoms with E-state index in [0.29, 0.717) is 0 Å². The van der Waals surface area contributed by atoms with Gasteiger partial charge in [-0.15, -0.1) is 0 Å². The molecular formula is C12H20N4O. The maximum atomic E-state index is 9.34. The van der Waals surface area contributed by atoms with Gasteiger partial charge in [0.25, 0.3) is 0 Å². The molecule has 5 nitrogen and oxygen atoms in total. The highest BCUT2D eigenvalue weighted by atomic mass is 16.3. The van der Waals surface area contributed by atoms with Crippen molar-refractivity contribution in [2.75, 3.05) is 24.3 Å². The molecule has 0 bridgehead atoms. The van der Waals surface area contributed by atoms with Crippen molar-refractivity contribution in [3.63, 3.8) is 0 Å². The predicted molar refractivity (Wildman–Crippen MR) is 68.2 cm³/mol. The highest BCUT2D eigenvalue weighted by molar-refractivity contribution is 5.58. The number of aliphatic hydroxyl groups is 1. The molecule has 0 atom stereocenters. The van der Waals surface area contributed by atoms with Crippen molar-refractivity contribution >= 4 is 11.6 Å². The third-order valence-corrected chi connectivity index (χ3v) is 3.22. The van der Waals surface area contributed by atoms with Crippen molar-refractivity contribution in [3.05, 3.63) is 11.9 Å². The number of rotatable bonds is 6. The van der Waals surface area contributed by atoms with Gasteiger partial charge in [0.2, 0.25) is 0 Å². The van der Waals surface area contributed by atoms with Gasteiger partial charge in [0, 0.05) is 12.6 Å². The van der Waals surface area contributed by atoms with Gasteiger partial charge in [-0.1, -0.05) is 13.3 Å². The molecule has 0 unspecified atom stereocenters. The van der Waals surface area contributed by atoms with Crippen molar-refractivity contribution < 1.29 is 5.11 Å². The van der Waals surface area contributed by atoms with Gasteiger partial charge >= 0.3 is 0 Å². The van der Waals surface area contributed by atoms with Crippen molar-refractivity contribution in [1.82, 2.24) is 9.97 Å². The first-order chi connectivity index (χ1) is 8.24. The van der Waals surface area contributed by atoms with Gasteiger partial charge in [-0.25, -0.2) is 9.97 Å². The Morgan fingerprint density at radius 1 is 1.35 bits per heavy atom. The summed E-state index contributed by atoms with van der Waals surface area (Å²) in [5.41, 5.74) is 0.971. The van der Waals surface area contributed by atoms with Gasteiger partial charge < -0.3 is 15.7 Å². The molecular weight excluding hydrogens is 216 g/mol. The second-order valence-electron chi connectivity index (χ2n) is 4.61. The van der Waals surface area contributed by atoms with E-state index in [-0.39, 0.29) is 12.1 Å². The Labute approximate surface area is 102 Å². The predicted octanol–water partition coefficient (Wildman–Crippen LogP) is 1.41. The molecule has 1 aliphatic carbocycles. The van der Waals surface area contributed by atoms with Crippen LogP contribution in [0.1, 0.15) is 31.7 Å². The Morgan fingerprint density at radius 2 is 2.06 bits per heavy atom. The topological polar surface area (TPSA) is 70.1 Å². The van der Waals surface area contributed by atoms with Crippen LogP contribution in [0.4, 0.5) is 11.6 Å². The highest BCUT2D eigenvalue weighted by Gasteiger charge is 2.42. The fourth-order valence-corrected chi connectivity index (χ4v) is 1.95. The second-order valence-corrected chi connectivity index (χ2v) is 4.61. The van der Waals surface area contributed by atoms with Gasteiger partial charge in [0.05, 0.1) is 12.1 Å². The number of hydrogen-bond acceptors (Lipinski definition) is 5. The van der Waals surface area contributed by atoms with Crippen molar-refractivity contribution in [1.29, 1.82) is 0 Å². The van der Waals surface area contributed by atoms with Crippen LogP contribution in [0.3, 0.4) is 0 Å². The highest BCUT2D eigenvalue weighted by Crippen LogP contribution is 2.39. The van der Waals surface area contributed by atoms with Gasteiger partial charge in [-0.05, 0) is 19.3 Å². The van der Waals surface area contributed by atoms with Gasteiger partial charge in [0.15, 0.2) is 0 Å². The number of nitrogens with one attached hydrogen (secondary N) is 2. The van der Waals surface area contributed by atoms with Crippen LogP contribution in [0, 0.1) is 0 Å². The first-order valence-corrected chi connectivity index (χ1v) is 6.15. The zero-order chi connectivity index (χ0) is 12.3. The van der Waals surface area contributed by atoms with Gasteiger partial charge in [0.1, 0.15) is 18.0 Å². The average Bonchev–Trinajstić information content (AvgIpc) is 3.12. The van der Waals surface area contributed by atoms with E-state index in [1.807, 2.05) is 7.05 Å². The lowest BCUT2D eigenvalue weighted by atomic mass is 10.1. The lowest BCUT2D eigenvalue weighted by Crippen LogP contribution is -2.27. The van der Waals surface area contributed by atoms with Gasteiger partial charge in [-0.3, -0.25) is 0 Å². The first kappa shape index (κ1) is 12.1. The Bertz CT molecular complexity index is 390. The second kappa shape index (κ2) is 4.87. The number of aliphatic hydroxyl groups excluding tert-OH is 1. The molecule has 0 aliphatic heterocycles. The quantitative estimate of drug-likeness (QED) is 0.696. The summed E-state index contributed by atoms with van der Waals surface area (Å²) in [5, 5.41) is 15.8. The monoisotopic (exact) mass is 236 g/mol. The number of anilines is 2. The molecule has 1 aliphatic rings. The number of aromatic nitrogens is 2. The summed E-state index contributed by atoms with van der Waals surface area (Å²) in [6.07, 6.45) is 5.55. The molecule has 94 valence electrons. The van der Waals surface area contributed by atoms with Crippen LogP contribution in [-0.4, -0.2) is 34.3 Å². The Balaban J connectivity index is 2.25. The maximum Gasteiger partial charge on any atom is 0.135 e. The lowest BCUT2D eigenvalue weighted by molar-refractivity contribution is 0.266. The fourth-order valence-electron chi connectivity index (χ4n) is 1.95. The van der Waals surface area contributed by atoms with Crippen LogP contribution in [0.15, 0.2) is 6.33 Å². The summed E-state index contributed by atoms with van der Waals surface area (Å²) in [5.74, 6) is 1.73.